The van der Waals surface area contributed by atoms with E-state index < -0.39 is 0 Å². The lowest BCUT2D eigenvalue weighted by molar-refractivity contribution is 0.607. The van der Waals surface area contributed by atoms with E-state index in [1.54, 1.807) is 6.21 Å². The molecule has 0 atom stereocenters. The third-order valence-corrected chi connectivity index (χ3v) is 5.96. The highest BCUT2D eigenvalue weighted by Crippen LogP contribution is 2.29. The zero-order chi connectivity index (χ0) is 20.6. The lowest BCUT2D eigenvalue weighted by atomic mass is 10.2. The average Bonchev–Trinajstić information content (AvgIpc) is 3.52. The number of nitrogens with zero attached hydrogens (tertiary/aromatic N) is 4. The first-order valence-corrected chi connectivity index (χ1v) is 10.7. The molecule has 0 amide bonds. The van der Waals surface area contributed by atoms with Crippen molar-refractivity contribution < 1.29 is 4.42 Å². The number of hydrazone groups is 2. The molecule has 3 heterocycles. The number of rotatable bonds is 4. The second kappa shape index (κ2) is 7.43. The molecular weight excluding hydrogens is 384 g/mol. The minimum absolute atomic E-state index is 0.752. The van der Waals surface area contributed by atoms with Gasteiger partial charge in [0.15, 0.2) is 0 Å². The fourth-order valence-electron chi connectivity index (χ4n) is 4.36. The van der Waals surface area contributed by atoms with Crippen LogP contribution < -0.4 is 10.0 Å². The zero-order valence-corrected chi connectivity index (χ0v) is 17.1. The van der Waals surface area contributed by atoms with Gasteiger partial charge >= 0.3 is 0 Å². The molecule has 0 saturated heterocycles. The second-order valence-corrected chi connectivity index (χ2v) is 7.94. The summed E-state index contributed by atoms with van der Waals surface area (Å²) in [6.07, 6.45) is 5.77. The van der Waals surface area contributed by atoms with Crippen LogP contribution in [0.1, 0.15) is 22.5 Å². The van der Waals surface area contributed by atoms with E-state index in [1.807, 2.05) is 23.4 Å². The largest absolute Gasteiger partial charge is 0.455 e. The van der Waals surface area contributed by atoms with Crippen molar-refractivity contribution in [2.75, 3.05) is 23.1 Å². The van der Waals surface area contributed by atoms with Crippen LogP contribution >= 0.6 is 0 Å². The van der Waals surface area contributed by atoms with Gasteiger partial charge in [-0.25, -0.2) is 0 Å². The Kier molecular flexibility index (Phi) is 4.31. The molecule has 0 aliphatic carbocycles. The van der Waals surface area contributed by atoms with Crippen LogP contribution in [0.25, 0.3) is 11.0 Å². The number of fused-ring (bicyclic) bond motifs is 3. The normalized spacial score (nSPS) is 15.5. The number of hydrogen-bond acceptors (Lipinski definition) is 5. The standard InChI is InChI=1S/C26H22N4O/c1-3-7-24-20(5-1)11-13-29(24)27-17-19-9-10-22-16-23(31-26(22)15-19)18-28-30-14-12-21-6-2-4-8-25(21)30/h1-10,15-18H,11-14H2. The summed E-state index contributed by atoms with van der Waals surface area (Å²) in [5, 5.41) is 14.5. The molecule has 2 aliphatic rings. The molecule has 6 rings (SSSR count). The van der Waals surface area contributed by atoms with Crippen LogP contribution in [-0.4, -0.2) is 25.5 Å². The number of furan rings is 1. The van der Waals surface area contributed by atoms with E-state index in [0.29, 0.717) is 0 Å². The minimum Gasteiger partial charge on any atom is -0.455 e. The summed E-state index contributed by atoms with van der Waals surface area (Å²) < 4.78 is 6.03. The summed E-state index contributed by atoms with van der Waals surface area (Å²) in [6.45, 7) is 1.81. The van der Waals surface area contributed by atoms with E-state index >= 15 is 0 Å². The molecule has 5 heteroatoms. The van der Waals surface area contributed by atoms with Gasteiger partial charge in [-0.15, -0.1) is 0 Å². The van der Waals surface area contributed by atoms with Crippen LogP contribution in [0.4, 0.5) is 11.4 Å². The highest BCUT2D eigenvalue weighted by molar-refractivity contribution is 5.91. The molecule has 0 bridgehead atoms. The Morgan fingerprint density at radius 2 is 1.35 bits per heavy atom. The molecule has 5 nitrogen and oxygen atoms in total. The molecule has 0 spiro atoms. The molecule has 0 fully saturated rings. The third kappa shape index (κ3) is 3.38. The first-order valence-electron chi connectivity index (χ1n) is 10.7. The first kappa shape index (κ1) is 18.0. The van der Waals surface area contributed by atoms with Crippen molar-refractivity contribution in [3.8, 4) is 0 Å². The molecule has 0 saturated carbocycles. The summed E-state index contributed by atoms with van der Waals surface area (Å²) in [5.74, 6) is 0.752. The van der Waals surface area contributed by atoms with E-state index in [0.717, 1.165) is 48.2 Å². The monoisotopic (exact) mass is 406 g/mol. The maximum atomic E-state index is 6.03. The summed E-state index contributed by atoms with van der Waals surface area (Å²) >= 11 is 0. The molecule has 3 aromatic carbocycles. The number of para-hydroxylation sites is 2. The van der Waals surface area contributed by atoms with Crippen molar-refractivity contribution >= 4 is 34.8 Å². The van der Waals surface area contributed by atoms with Crippen molar-refractivity contribution in [3.63, 3.8) is 0 Å². The van der Waals surface area contributed by atoms with Crippen LogP contribution in [-0.2, 0) is 12.8 Å². The van der Waals surface area contributed by atoms with Crippen molar-refractivity contribution in [1.29, 1.82) is 0 Å². The average molecular weight is 406 g/mol. The molecule has 0 N–H and O–H groups in total. The van der Waals surface area contributed by atoms with Gasteiger partial charge in [-0.2, -0.15) is 10.2 Å². The number of anilines is 2. The SMILES string of the molecule is C(=NN1CCc2ccccc21)c1ccc2cc(C=NN3CCc4ccccc43)oc2c1. The molecule has 4 aromatic rings. The Morgan fingerprint density at radius 3 is 2.06 bits per heavy atom. The molecule has 1 aromatic heterocycles. The van der Waals surface area contributed by atoms with E-state index in [4.69, 9.17) is 9.52 Å². The van der Waals surface area contributed by atoms with Gasteiger partial charge < -0.3 is 4.42 Å². The van der Waals surface area contributed by atoms with E-state index in [1.165, 1.54) is 22.5 Å². The van der Waals surface area contributed by atoms with E-state index in [9.17, 15) is 0 Å². The third-order valence-electron chi connectivity index (χ3n) is 5.96. The van der Waals surface area contributed by atoms with Crippen LogP contribution in [0.2, 0.25) is 0 Å². The predicted octanol–water partition coefficient (Wildman–Crippen LogP) is 5.23. The van der Waals surface area contributed by atoms with Gasteiger partial charge in [-0.3, -0.25) is 10.0 Å². The summed E-state index contributed by atoms with van der Waals surface area (Å²) in [7, 11) is 0. The summed E-state index contributed by atoms with van der Waals surface area (Å²) in [6, 6.07) is 25.0. The second-order valence-electron chi connectivity index (χ2n) is 7.94. The van der Waals surface area contributed by atoms with Gasteiger partial charge in [0.25, 0.3) is 0 Å². The Hall–Kier alpha value is -3.86. The number of hydrogen-bond donors (Lipinski definition) is 0. The molecular formula is C26H22N4O. The summed E-state index contributed by atoms with van der Waals surface area (Å²) in [4.78, 5) is 0. The fourth-order valence-corrected chi connectivity index (χ4v) is 4.36. The molecule has 2 aliphatic heterocycles. The van der Waals surface area contributed by atoms with Gasteiger partial charge in [0.05, 0.1) is 23.8 Å². The van der Waals surface area contributed by atoms with Crippen molar-refractivity contribution in [2.45, 2.75) is 12.8 Å². The first-order chi connectivity index (χ1) is 15.3. The van der Waals surface area contributed by atoms with Crippen molar-refractivity contribution in [3.05, 3.63) is 95.2 Å². The highest BCUT2D eigenvalue weighted by atomic mass is 16.3. The maximum absolute atomic E-state index is 6.03. The minimum atomic E-state index is 0.752. The Morgan fingerprint density at radius 1 is 0.710 bits per heavy atom. The molecule has 0 unspecified atom stereocenters. The van der Waals surface area contributed by atoms with Gasteiger partial charge in [0.2, 0.25) is 0 Å². The van der Waals surface area contributed by atoms with E-state index in [-0.39, 0.29) is 0 Å². The topological polar surface area (TPSA) is 44.3 Å². The van der Waals surface area contributed by atoms with Crippen LogP contribution in [0, 0.1) is 0 Å². The zero-order valence-electron chi connectivity index (χ0n) is 17.1. The van der Waals surface area contributed by atoms with E-state index in [2.05, 4.69) is 70.8 Å². The molecule has 0 radical (unpaired) electrons. The Balaban J connectivity index is 1.21. The Bertz CT molecular complexity index is 1260. The highest BCUT2D eigenvalue weighted by Gasteiger charge is 2.18. The van der Waals surface area contributed by atoms with Crippen LogP contribution in [0.15, 0.2) is 87.4 Å². The van der Waals surface area contributed by atoms with Crippen molar-refractivity contribution in [1.82, 2.24) is 0 Å². The molecule has 31 heavy (non-hydrogen) atoms. The van der Waals surface area contributed by atoms with Crippen LogP contribution in [0.3, 0.4) is 0 Å². The van der Waals surface area contributed by atoms with Crippen molar-refractivity contribution in [2.24, 2.45) is 10.2 Å². The summed E-state index contributed by atoms with van der Waals surface area (Å²) in [5.41, 5.74) is 6.92. The Labute approximate surface area is 180 Å². The lowest BCUT2D eigenvalue weighted by Gasteiger charge is -2.11. The van der Waals surface area contributed by atoms with Gasteiger partial charge in [0.1, 0.15) is 11.3 Å². The number of benzene rings is 3. The van der Waals surface area contributed by atoms with Gasteiger partial charge in [-0.05, 0) is 53.8 Å². The van der Waals surface area contributed by atoms with Crippen LogP contribution in [0.5, 0.6) is 0 Å². The smallest absolute Gasteiger partial charge is 0.148 e. The quantitative estimate of drug-likeness (QED) is 0.436. The maximum Gasteiger partial charge on any atom is 0.148 e. The van der Waals surface area contributed by atoms with Gasteiger partial charge in [-0.1, -0.05) is 48.5 Å². The van der Waals surface area contributed by atoms with Gasteiger partial charge in [0, 0.05) is 18.5 Å². The molecule has 152 valence electrons. The lowest BCUT2D eigenvalue weighted by Crippen LogP contribution is -2.12. The predicted molar refractivity (Wildman–Crippen MR) is 126 cm³/mol. The fraction of sp³-hybridized carbons (Fsp3) is 0.154.